The van der Waals surface area contributed by atoms with Gasteiger partial charge in [0.1, 0.15) is 6.04 Å². The summed E-state index contributed by atoms with van der Waals surface area (Å²) >= 11 is 0. The quantitative estimate of drug-likeness (QED) is 0.531. The lowest BCUT2D eigenvalue weighted by molar-refractivity contribution is 0.398. The van der Waals surface area contributed by atoms with Crippen LogP contribution in [0, 0.1) is 11.3 Å². The SMILES string of the molecule is N#C[C@@H](N)c1cccc(O)c1O. The summed E-state index contributed by atoms with van der Waals surface area (Å²) in [6.45, 7) is 0. The van der Waals surface area contributed by atoms with Crippen molar-refractivity contribution in [2.45, 2.75) is 6.04 Å². The Morgan fingerprint density at radius 3 is 2.67 bits per heavy atom. The van der Waals surface area contributed by atoms with E-state index in [9.17, 15) is 5.11 Å². The molecule has 4 nitrogen and oxygen atoms in total. The Balaban J connectivity index is 3.18. The average molecular weight is 164 g/mol. The highest BCUT2D eigenvalue weighted by atomic mass is 16.3. The Kier molecular flexibility index (Phi) is 2.17. The number of phenolic OH excluding ortho intramolecular Hbond substituents is 2. The van der Waals surface area contributed by atoms with Crippen molar-refractivity contribution in [2.24, 2.45) is 5.73 Å². The highest BCUT2D eigenvalue weighted by Gasteiger charge is 2.11. The standard InChI is InChI=1S/C8H8N2O2/c9-4-6(10)5-2-1-3-7(11)8(5)12/h1-3,6,11-12H,10H2/t6-/m1/s1. The van der Waals surface area contributed by atoms with Crippen LogP contribution in [-0.4, -0.2) is 10.2 Å². The molecule has 4 heteroatoms. The molecule has 0 fully saturated rings. The van der Waals surface area contributed by atoms with Crippen LogP contribution in [0.3, 0.4) is 0 Å². The summed E-state index contributed by atoms with van der Waals surface area (Å²) in [7, 11) is 0. The Morgan fingerprint density at radius 2 is 2.08 bits per heavy atom. The van der Waals surface area contributed by atoms with Gasteiger partial charge in [-0.05, 0) is 6.07 Å². The van der Waals surface area contributed by atoms with Crippen LogP contribution in [0.4, 0.5) is 0 Å². The van der Waals surface area contributed by atoms with Crippen LogP contribution in [0.15, 0.2) is 18.2 Å². The van der Waals surface area contributed by atoms with E-state index in [1.165, 1.54) is 18.2 Å². The molecule has 0 aliphatic carbocycles. The highest BCUT2D eigenvalue weighted by molar-refractivity contribution is 5.47. The van der Waals surface area contributed by atoms with Crippen LogP contribution in [0.2, 0.25) is 0 Å². The van der Waals surface area contributed by atoms with Gasteiger partial charge in [-0.2, -0.15) is 5.26 Å². The molecule has 62 valence electrons. The minimum Gasteiger partial charge on any atom is -0.504 e. The molecule has 0 saturated carbocycles. The summed E-state index contributed by atoms with van der Waals surface area (Å²) in [5, 5.41) is 26.7. The minimum atomic E-state index is -0.905. The van der Waals surface area contributed by atoms with Crippen molar-refractivity contribution < 1.29 is 10.2 Å². The largest absolute Gasteiger partial charge is 0.504 e. The molecular weight excluding hydrogens is 156 g/mol. The smallest absolute Gasteiger partial charge is 0.163 e. The van der Waals surface area contributed by atoms with E-state index in [-0.39, 0.29) is 17.1 Å². The Bertz CT molecular complexity index is 330. The van der Waals surface area contributed by atoms with E-state index >= 15 is 0 Å². The lowest BCUT2D eigenvalue weighted by Gasteiger charge is -2.06. The molecule has 0 aromatic heterocycles. The molecular formula is C8H8N2O2. The monoisotopic (exact) mass is 164 g/mol. The zero-order valence-corrected chi connectivity index (χ0v) is 6.23. The Labute approximate surface area is 69.5 Å². The van der Waals surface area contributed by atoms with Gasteiger partial charge in [-0.1, -0.05) is 12.1 Å². The Hall–Kier alpha value is -1.73. The summed E-state index contributed by atoms with van der Waals surface area (Å²) in [6, 6.07) is 5.18. The van der Waals surface area contributed by atoms with Crippen LogP contribution >= 0.6 is 0 Å². The van der Waals surface area contributed by atoms with Gasteiger partial charge in [0.25, 0.3) is 0 Å². The van der Waals surface area contributed by atoms with Crippen molar-refractivity contribution >= 4 is 0 Å². The van der Waals surface area contributed by atoms with Crippen LogP contribution in [0.5, 0.6) is 11.5 Å². The molecule has 0 spiro atoms. The van der Waals surface area contributed by atoms with E-state index in [0.717, 1.165) is 0 Å². The molecule has 0 heterocycles. The van der Waals surface area contributed by atoms with Crippen LogP contribution in [0.25, 0.3) is 0 Å². The highest BCUT2D eigenvalue weighted by Crippen LogP contribution is 2.31. The van der Waals surface area contributed by atoms with Crippen molar-refractivity contribution in [1.29, 1.82) is 5.26 Å². The fraction of sp³-hybridized carbons (Fsp3) is 0.125. The first kappa shape index (κ1) is 8.37. The predicted molar refractivity (Wildman–Crippen MR) is 42.3 cm³/mol. The van der Waals surface area contributed by atoms with Crippen molar-refractivity contribution in [2.75, 3.05) is 0 Å². The van der Waals surface area contributed by atoms with Crippen molar-refractivity contribution in [1.82, 2.24) is 0 Å². The summed E-state index contributed by atoms with van der Waals surface area (Å²) in [4.78, 5) is 0. The summed E-state index contributed by atoms with van der Waals surface area (Å²) < 4.78 is 0. The van der Waals surface area contributed by atoms with Gasteiger partial charge < -0.3 is 15.9 Å². The van der Waals surface area contributed by atoms with Crippen LogP contribution in [-0.2, 0) is 0 Å². The topological polar surface area (TPSA) is 90.3 Å². The number of benzene rings is 1. The molecule has 1 aromatic carbocycles. The maximum absolute atomic E-state index is 9.22. The molecule has 0 aliphatic rings. The molecule has 1 aromatic rings. The number of nitrogens with zero attached hydrogens (tertiary/aromatic N) is 1. The van der Waals surface area contributed by atoms with Crippen LogP contribution in [0.1, 0.15) is 11.6 Å². The van der Waals surface area contributed by atoms with Gasteiger partial charge in [-0.3, -0.25) is 0 Å². The first-order valence-electron chi connectivity index (χ1n) is 3.33. The third-order valence-electron chi connectivity index (χ3n) is 1.52. The number of hydrogen-bond donors (Lipinski definition) is 3. The molecule has 0 unspecified atom stereocenters. The van der Waals surface area contributed by atoms with Gasteiger partial charge in [0.15, 0.2) is 11.5 Å². The summed E-state index contributed by atoms with van der Waals surface area (Å²) in [5.74, 6) is -0.593. The normalized spacial score (nSPS) is 12.0. The van der Waals surface area contributed by atoms with E-state index in [1.807, 2.05) is 0 Å². The second kappa shape index (κ2) is 3.11. The molecule has 1 atom stereocenters. The maximum atomic E-state index is 9.22. The van der Waals surface area contributed by atoms with Gasteiger partial charge in [0.2, 0.25) is 0 Å². The van der Waals surface area contributed by atoms with E-state index < -0.39 is 6.04 Å². The fourth-order valence-electron chi connectivity index (χ4n) is 0.869. The zero-order valence-electron chi connectivity index (χ0n) is 6.23. The van der Waals surface area contributed by atoms with Crippen molar-refractivity contribution in [3.63, 3.8) is 0 Å². The van der Waals surface area contributed by atoms with Gasteiger partial charge in [-0.25, -0.2) is 0 Å². The number of rotatable bonds is 1. The van der Waals surface area contributed by atoms with Gasteiger partial charge in [0, 0.05) is 5.56 Å². The number of phenols is 2. The van der Waals surface area contributed by atoms with Crippen LogP contribution < -0.4 is 5.73 Å². The lowest BCUT2D eigenvalue weighted by atomic mass is 10.1. The molecule has 1 rings (SSSR count). The number of nitriles is 1. The Morgan fingerprint density at radius 1 is 1.42 bits per heavy atom. The number of hydrogen-bond acceptors (Lipinski definition) is 4. The predicted octanol–water partition coefficient (Wildman–Crippen LogP) is 0.621. The van der Waals surface area contributed by atoms with Gasteiger partial charge >= 0.3 is 0 Å². The number of nitrogens with two attached hydrogens (primary N) is 1. The zero-order chi connectivity index (χ0) is 9.14. The van der Waals surface area contributed by atoms with E-state index in [4.69, 9.17) is 16.1 Å². The summed E-state index contributed by atoms with van der Waals surface area (Å²) in [6.07, 6.45) is 0. The third-order valence-corrected chi connectivity index (χ3v) is 1.52. The minimum absolute atomic E-state index is 0.234. The fourth-order valence-corrected chi connectivity index (χ4v) is 0.869. The molecule has 4 N–H and O–H groups in total. The first-order valence-corrected chi connectivity index (χ1v) is 3.33. The molecule has 0 saturated heterocycles. The lowest BCUT2D eigenvalue weighted by Crippen LogP contribution is -2.07. The maximum Gasteiger partial charge on any atom is 0.163 e. The van der Waals surface area contributed by atoms with Gasteiger partial charge in [0.05, 0.1) is 6.07 Å². The first-order chi connectivity index (χ1) is 5.66. The number of para-hydroxylation sites is 1. The van der Waals surface area contributed by atoms with Gasteiger partial charge in [-0.15, -0.1) is 0 Å². The number of aromatic hydroxyl groups is 2. The molecule has 0 amide bonds. The summed E-state index contributed by atoms with van der Waals surface area (Å²) in [5.41, 5.74) is 5.57. The second-order valence-electron chi connectivity index (χ2n) is 2.32. The van der Waals surface area contributed by atoms with E-state index in [2.05, 4.69) is 0 Å². The molecule has 12 heavy (non-hydrogen) atoms. The molecule has 0 radical (unpaired) electrons. The molecule has 0 aliphatic heterocycles. The van der Waals surface area contributed by atoms with E-state index in [0.29, 0.717) is 0 Å². The van der Waals surface area contributed by atoms with Crippen molar-refractivity contribution in [3.8, 4) is 17.6 Å². The third kappa shape index (κ3) is 1.31. The van der Waals surface area contributed by atoms with E-state index in [1.54, 1.807) is 6.07 Å². The van der Waals surface area contributed by atoms with Crippen molar-refractivity contribution in [3.05, 3.63) is 23.8 Å². The molecule has 0 bridgehead atoms. The average Bonchev–Trinajstić information content (AvgIpc) is 2.08. The second-order valence-corrected chi connectivity index (χ2v) is 2.32.